The summed E-state index contributed by atoms with van der Waals surface area (Å²) in [6.07, 6.45) is 0. The molecule has 0 atom stereocenters. The highest BCUT2D eigenvalue weighted by atomic mass is 79.9. The molecule has 19 heavy (non-hydrogen) atoms. The molecule has 0 aliphatic heterocycles. The SMILES string of the molecule is CCNCN(C)CNc1nc2cc(C)cc(Br)c2s1. The van der Waals surface area contributed by atoms with Crippen LogP contribution in [-0.4, -0.2) is 36.8 Å². The number of hydrogen-bond acceptors (Lipinski definition) is 5. The van der Waals surface area contributed by atoms with Crippen LogP contribution in [0.5, 0.6) is 0 Å². The lowest BCUT2D eigenvalue weighted by molar-refractivity contribution is 0.330. The molecule has 104 valence electrons. The zero-order valence-electron chi connectivity index (χ0n) is 11.5. The van der Waals surface area contributed by atoms with Gasteiger partial charge >= 0.3 is 0 Å². The van der Waals surface area contributed by atoms with Crippen molar-refractivity contribution >= 4 is 42.6 Å². The van der Waals surface area contributed by atoms with Gasteiger partial charge < -0.3 is 10.6 Å². The molecule has 2 rings (SSSR count). The molecule has 0 spiro atoms. The first kappa shape index (κ1) is 14.7. The number of anilines is 1. The van der Waals surface area contributed by atoms with Crippen LogP contribution < -0.4 is 10.6 Å². The Hall–Kier alpha value is -0.690. The van der Waals surface area contributed by atoms with Crippen LogP contribution in [0.25, 0.3) is 10.2 Å². The summed E-state index contributed by atoms with van der Waals surface area (Å²) in [7, 11) is 2.07. The number of fused-ring (bicyclic) bond motifs is 1. The quantitative estimate of drug-likeness (QED) is 0.790. The molecule has 1 aromatic carbocycles. The van der Waals surface area contributed by atoms with Crippen LogP contribution in [0.3, 0.4) is 0 Å². The minimum Gasteiger partial charge on any atom is -0.349 e. The van der Waals surface area contributed by atoms with Gasteiger partial charge in [0.1, 0.15) is 0 Å². The fraction of sp³-hybridized carbons (Fsp3) is 0.462. The molecule has 0 radical (unpaired) electrons. The first-order chi connectivity index (χ1) is 9.10. The smallest absolute Gasteiger partial charge is 0.184 e. The molecule has 0 aliphatic rings. The van der Waals surface area contributed by atoms with Crippen LogP contribution in [0.2, 0.25) is 0 Å². The second kappa shape index (κ2) is 6.65. The molecule has 6 heteroatoms. The molecule has 0 saturated carbocycles. The van der Waals surface area contributed by atoms with E-state index in [9.17, 15) is 0 Å². The number of aromatic nitrogens is 1. The number of nitrogens with zero attached hydrogens (tertiary/aromatic N) is 2. The zero-order chi connectivity index (χ0) is 13.8. The second-order valence-electron chi connectivity index (χ2n) is 4.57. The summed E-state index contributed by atoms with van der Waals surface area (Å²) in [5.74, 6) is 0. The number of rotatable bonds is 6. The van der Waals surface area contributed by atoms with E-state index in [0.717, 1.165) is 35.0 Å². The molecule has 0 saturated heterocycles. The number of hydrogen-bond donors (Lipinski definition) is 2. The largest absolute Gasteiger partial charge is 0.349 e. The Balaban J connectivity index is 2.03. The Kier molecular flexibility index (Phi) is 5.15. The van der Waals surface area contributed by atoms with Crippen molar-refractivity contribution in [3.05, 3.63) is 22.2 Å². The number of halogens is 1. The van der Waals surface area contributed by atoms with Crippen LogP contribution >= 0.6 is 27.3 Å². The van der Waals surface area contributed by atoms with Crippen molar-refractivity contribution in [2.45, 2.75) is 13.8 Å². The Morgan fingerprint density at radius 3 is 2.89 bits per heavy atom. The summed E-state index contributed by atoms with van der Waals surface area (Å²) in [6, 6.07) is 4.24. The summed E-state index contributed by atoms with van der Waals surface area (Å²) >= 11 is 5.28. The summed E-state index contributed by atoms with van der Waals surface area (Å²) < 4.78 is 2.32. The maximum absolute atomic E-state index is 4.62. The molecule has 0 bridgehead atoms. The minimum absolute atomic E-state index is 0.781. The van der Waals surface area contributed by atoms with Gasteiger partial charge in [-0.25, -0.2) is 4.98 Å². The van der Waals surface area contributed by atoms with E-state index in [0.29, 0.717) is 0 Å². The van der Waals surface area contributed by atoms with Crippen molar-refractivity contribution in [3.8, 4) is 0 Å². The molecule has 0 aliphatic carbocycles. The number of aryl methyl sites for hydroxylation is 1. The fourth-order valence-electron chi connectivity index (χ4n) is 1.76. The van der Waals surface area contributed by atoms with Gasteiger partial charge in [-0.2, -0.15) is 0 Å². The van der Waals surface area contributed by atoms with Crippen LogP contribution in [0.15, 0.2) is 16.6 Å². The van der Waals surface area contributed by atoms with Crippen molar-refractivity contribution < 1.29 is 0 Å². The van der Waals surface area contributed by atoms with Gasteiger partial charge in [0, 0.05) is 11.1 Å². The summed E-state index contributed by atoms with van der Waals surface area (Å²) in [5, 5.41) is 7.61. The highest BCUT2D eigenvalue weighted by Crippen LogP contribution is 2.33. The molecule has 0 fully saturated rings. The molecule has 0 amide bonds. The topological polar surface area (TPSA) is 40.2 Å². The van der Waals surface area contributed by atoms with E-state index in [4.69, 9.17) is 0 Å². The van der Waals surface area contributed by atoms with E-state index in [-0.39, 0.29) is 0 Å². The minimum atomic E-state index is 0.781. The van der Waals surface area contributed by atoms with Gasteiger partial charge in [0.2, 0.25) is 0 Å². The van der Waals surface area contributed by atoms with Crippen molar-refractivity contribution in [3.63, 3.8) is 0 Å². The maximum atomic E-state index is 4.62. The maximum Gasteiger partial charge on any atom is 0.184 e. The first-order valence-electron chi connectivity index (χ1n) is 6.30. The normalized spacial score (nSPS) is 11.4. The van der Waals surface area contributed by atoms with Gasteiger partial charge in [0.15, 0.2) is 5.13 Å². The van der Waals surface area contributed by atoms with Crippen molar-refractivity contribution in [1.29, 1.82) is 0 Å². The monoisotopic (exact) mass is 342 g/mol. The van der Waals surface area contributed by atoms with Gasteiger partial charge in [0.05, 0.1) is 16.9 Å². The van der Waals surface area contributed by atoms with Crippen LogP contribution in [-0.2, 0) is 0 Å². The molecule has 2 N–H and O–H groups in total. The first-order valence-corrected chi connectivity index (χ1v) is 7.91. The lowest BCUT2D eigenvalue weighted by atomic mass is 10.2. The summed E-state index contributed by atoms with van der Waals surface area (Å²) in [5.41, 5.74) is 2.27. The van der Waals surface area contributed by atoms with Crippen molar-refractivity contribution in [2.75, 3.05) is 32.2 Å². The molecular formula is C13H19BrN4S. The number of thiazole rings is 1. The lowest BCUT2D eigenvalue weighted by Gasteiger charge is -2.16. The third kappa shape index (κ3) is 3.89. The van der Waals surface area contributed by atoms with Gasteiger partial charge in [-0.05, 0) is 54.1 Å². The van der Waals surface area contributed by atoms with Crippen LogP contribution in [0.4, 0.5) is 5.13 Å². The Bertz CT molecular complexity index is 555. The average Bonchev–Trinajstić information content (AvgIpc) is 2.77. The fourth-order valence-corrected chi connectivity index (χ4v) is 3.41. The third-order valence-corrected chi connectivity index (χ3v) is 4.67. The molecule has 0 unspecified atom stereocenters. The highest BCUT2D eigenvalue weighted by Gasteiger charge is 2.08. The van der Waals surface area contributed by atoms with E-state index < -0.39 is 0 Å². The zero-order valence-corrected chi connectivity index (χ0v) is 13.9. The third-order valence-electron chi connectivity index (χ3n) is 2.72. The molecular weight excluding hydrogens is 324 g/mol. The van der Waals surface area contributed by atoms with E-state index in [1.54, 1.807) is 11.3 Å². The second-order valence-corrected chi connectivity index (χ2v) is 6.42. The average molecular weight is 343 g/mol. The van der Waals surface area contributed by atoms with Crippen molar-refractivity contribution in [1.82, 2.24) is 15.2 Å². The van der Waals surface area contributed by atoms with Gasteiger partial charge in [-0.1, -0.05) is 18.3 Å². The molecule has 1 aromatic heterocycles. The van der Waals surface area contributed by atoms with E-state index in [1.807, 2.05) is 0 Å². The van der Waals surface area contributed by atoms with Gasteiger partial charge in [0.25, 0.3) is 0 Å². The molecule has 1 heterocycles. The number of benzene rings is 1. The van der Waals surface area contributed by atoms with E-state index in [2.05, 4.69) is 69.5 Å². The lowest BCUT2D eigenvalue weighted by Crippen LogP contribution is -2.34. The number of nitrogens with one attached hydrogen (secondary N) is 2. The van der Waals surface area contributed by atoms with E-state index in [1.165, 1.54) is 10.3 Å². The van der Waals surface area contributed by atoms with E-state index >= 15 is 0 Å². The van der Waals surface area contributed by atoms with Crippen molar-refractivity contribution in [2.24, 2.45) is 0 Å². The summed E-state index contributed by atoms with van der Waals surface area (Å²) in [4.78, 5) is 6.79. The standard InChI is InChI=1S/C13H19BrN4S/c1-4-15-7-18(3)8-16-13-17-11-6-9(2)5-10(14)12(11)19-13/h5-6,15H,4,7-8H2,1-3H3,(H,16,17). The Labute approximate surface area is 126 Å². The molecule has 4 nitrogen and oxygen atoms in total. The van der Waals surface area contributed by atoms with Crippen LogP contribution in [0.1, 0.15) is 12.5 Å². The van der Waals surface area contributed by atoms with Gasteiger partial charge in [-0.3, -0.25) is 4.90 Å². The predicted octanol–water partition coefficient (Wildman–Crippen LogP) is 3.24. The molecule has 2 aromatic rings. The Morgan fingerprint density at radius 2 is 2.16 bits per heavy atom. The van der Waals surface area contributed by atoms with Crippen LogP contribution in [0, 0.1) is 6.92 Å². The van der Waals surface area contributed by atoms with Gasteiger partial charge in [-0.15, -0.1) is 0 Å². The predicted molar refractivity (Wildman–Crippen MR) is 86.9 cm³/mol. The highest BCUT2D eigenvalue weighted by molar-refractivity contribution is 9.10. The Morgan fingerprint density at radius 1 is 1.37 bits per heavy atom. The summed E-state index contributed by atoms with van der Waals surface area (Å²) in [6.45, 7) is 6.83.